The minimum absolute atomic E-state index is 0.432. The molecule has 0 spiro atoms. The van der Waals surface area contributed by atoms with Crippen LogP contribution in [0.2, 0.25) is 0 Å². The van der Waals surface area contributed by atoms with Crippen molar-refractivity contribution in [1.82, 2.24) is 19.2 Å². The topological polar surface area (TPSA) is 64.7 Å². The van der Waals surface area contributed by atoms with Gasteiger partial charge < -0.3 is 10.2 Å². The molecule has 0 bridgehead atoms. The van der Waals surface area contributed by atoms with Crippen molar-refractivity contribution >= 4 is 10.2 Å². The molecule has 7 heteroatoms. The van der Waals surface area contributed by atoms with Crippen LogP contribution < -0.4 is 10.0 Å². The first kappa shape index (κ1) is 20.8. The minimum atomic E-state index is -3.36. The molecule has 0 aliphatic heterocycles. The van der Waals surface area contributed by atoms with Gasteiger partial charge in [0.15, 0.2) is 0 Å². The van der Waals surface area contributed by atoms with E-state index in [0.29, 0.717) is 25.2 Å². The average Bonchev–Trinajstić information content (AvgIpc) is 2.41. The van der Waals surface area contributed by atoms with Crippen LogP contribution >= 0.6 is 0 Å². The van der Waals surface area contributed by atoms with Crippen LogP contribution in [0, 0.1) is 0 Å². The van der Waals surface area contributed by atoms with E-state index in [1.807, 2.05) is 7.05 Å². The monoisotopic (exact) mass is 322 g/mol. The van der Waals surface area contributed by atoms with E-state index in [1.54, 1.807) is 7.05 Å². The number of hydrogen-bond acceptors (Lipinski definition) is 4. The maximum absolute atomic E-state index is 12.1. The van der Waals surface area contributed by atoms with Gasteiger partial charge in [0.05, 0.1) is 0 Å². The van der Waals surface area contributed by atoms with Crippen molar-refractivity contribution in [2.75, 3.05) is 40.3 Å². The van der Waals surface area contributed by atoms with Crippen LogP contribution in [0.25, 0.3) is 0 Å². The van der Waals surface area contributed by atoms with Crippen LogP contribution in [0.1, 0.15) is 40.5 Å². The molecule has 0 aromatic heterocycles. The van der Waals surface area contributed by atoms with E-state index < -0.39 is 10.2 Å². The van der Waals surface area contributed by atoms with E-state index in [9.17, 15) is 8.42 Å². The molecule has 0 saturated carbocycles. The average molecular weight is 323 g/mol. The lowest BCUT2D eigenvalue weighted by atomic mass is 10.2. The Kier molecular flexibility index (Phi) is 10.4. The molecule has 0 aromatic carbocycles. The second kappa shape index (κ2) is 10.5. The SMILES string of the molecule is CCC(C)N(C)CCNS(=O)(=O)N(C)CCCNC(C)C. The number of nitrogens with zero attached hydrogens (tertiary/aromatic N) is 2. The molecule has 128 valence electrons. The molecule has 2 N–H and O–H groups in total. The molecule has 0 fully saturated rings. The molecule has 21 heavy (non-hydrogen) atoms. The van der Waals surface area contributed by atoms with Crippen molar-refractivity contribution in [2.24, 2.45) is 0 Å². The molecular weight excluding hydrogens is 288 g/mol. The standard InChI is InChI=1S/C14H34N4O2S/c1-7-14(4)17(5)12-10-16-21(19,20)18(6)11-8-9-15-13(2)3/h13-16H,7-12H2,1-6H3. The highest BCUT2D eigenvalue weighted by Gasteiger charge is 2.17. The summed E-state index contributed by atoms with van der Waals surface area (Å²) in [5.74, 6) is 0. The van der Waals surface area contributed by atoms with Gasteiger partial charge in [-0.2, -0.15) is 12.7 Å². The largest absolute Gasteiger partial charge is 0.314 e. The number of likely N-dealkylation sites (N-methyl/N-ethyl adjacent to an activating group) is 1. The number of hydrogen-bond donors (Lipinski definition) is 2. The molecule has 6 nitrogen and oxygen atoms in total. The quantitative estimate of drug-likeness (QED) is 0.523. The van der Waals surface area contributed by atoms with Crippen molar-refractivity contribution in [3.8, 4) is 0 Å². The van der Waals surface area contributed by atoms with Crippen molar-refractivity contribution in [3.63, 3.8) is 0 Å². The summed E-state index contributed by atoms with van der Waals surface area (Å²) in [4.78, 5) is 2.16. The van der Waals surface area contributed by atoms with Gasteiger partial charge in [0.25, 0.3) is 10.2 Å². The van der Waals surface area contributed by atoms with Gasteiger partial charge in [-0.05, 0) is 33.4 Å². The second-order valence-electron chi connectivity index (χ2n) is 5.92. The summed E-state index contributed by atoms with van der Waals surface area (Å²) in [6.45, 7) is 10.9. The van der Waals surface area contributed by atoms with Crippen molar-refractivity contribution < 1.29 is 8.42 Å². The van der Waals surface area contributed by atoms with Crippen LogP contribution in [0.4, 0.5) is 0 Å². The normalized spacial score (nSPS) is 14.3. The summed E-state index contributed by atoms with van der Waals surface area (Å²) in [5, 5.41) is 3.28. The Balaban J connectivity index is 4.00. The number of nitrogens with one attached hydrogen (secondary N) is 2. The van der Waals surface area contributed by atoms with Crippen molar-refractivity contribution in [1.29, 1.82) is 0 Å². The highest BCUT2D eigenvalue weighted by molar-refractivity contribution is 7.87. The van der Waals surface area contributed by atoms with Crippen molar-refractivity contribution in [3.05, 3.63) is 0 Å². The first-order valence-corrected chi connectivity index (χ1v) is 9.29. The maximum Gasteiger partial charge on any atom is 0.279 e. The van der Waals surface area contributed by atoms with E-state index in [-0.39, 0.29) is 0 Å². The van der Waals surface area contributed by atoms with Gasteiger partial charge in [-0.25, -0.2) is 4.72 Å². The molecule has 1 unspecified atom stereocenters. The summed E-state index contributed by atoms with van der Waals surface area (Å²) in [6.07, 6.45) is 1.87. The minimum Gasteiger partial charge on any atom is -0.314 e. The predicted molar refractivity (Wildman–Crippen MR) is 89.7 cm³/mol. The summed E-state index contributed by atoms with van der Waals surface area (Å²) < 4.78 is 28.2. The Morgan fingerprint density at radius 2 is 1.67 bits per heavy atom. The van der Waals surface area contributed by atoms with Crippen LogP contribution in [0.15, 0.2) is 0 Å². The summed E-state index contributed by atoms with van der Waals surface area (Å²) in [6, 6.07) is 0.899. The molecule has 0 amide bonds. The van der Waals surface area contributed by atoms with Gasteiger partial charge in [-0.15, -0.1) is 0 Å². The van der Waals surface area contributed by atoms with Crippen LogP contribution in [-0.2, 0) is 10.2 Å². The zero-order valence-corrected chi connectivity index (χ0v) is 15.3. The molecule has 0 radical (unpaired) electrons. The summed E-state index contributed by atoms with van der Waals surface area (Å²) in [5.41, 5.74) is 0. The Bertz CT molecular complexity index is 360. The second-order valence-corrected chi connectivity index (χ2v) is 7.78. The van der Waals surface area contributed by atoms with Crippen molar-refractivity contribution in [2.45, 2.75) is 52.6 Å². The third kappa shape index (κ3) is 9.42. The first-order valence-electron chi connectivity index (χ1n) is 7.85. The van der Waals surface area contributed by atoms with Crippen LogP contribution in [0.3, 0.4) is 0 Å². The molecule has 0 rings (SSSR count). The molecule has 0 saturated heterocycles. The Hall–Kier alpha value is -0.210. The number of rotatable bonds is 12. The van der Waals surface area contributed by atoms with Crippen LogP contribution in [-0.4, -0.2) is 70.0 Å². The zero-order valence-electron chi connectivity index (χ0n) is 14.5. The highest BCUT2D eigenvalue weighted by atomic mass is 32.2. The van der Waals surface area contributed by atoms with Gasteiger partial charge >= 0.3 is 0 Å². The third-order valence-electron chi connectivity index (χ3n) is 3.70. The molecular formula is C14H34N4O2S. The van der Waals surface area contributed by atoms with Gasteiger partial charge in [-0.1, -0.05) is 20.8 Å². The summed E-state index contributed by atoms with van der Waals surface area (Å²) in [7, 11) is 0.279. The maximum atomic E-state index is 12.1. The Labute approximate surface area is 131 Å². The lowest BCUT2D eigenvalue weighted by Gasteiger charge is -2.24. The third-order valence-corrected chi connectivity index (χ3v) is 5.28. The highest BCUT2D eigenvalue weighted by Crippen LogP contribution is 1.99. The molecule has 1 atom stereocenters. The first-order chi connectivity index (χ1) is 9.70. The van der Waals surface area contributed by atoms with E-state index in [2.05, 4.69) is 42.6 Å². The molecule has 0 aliphatic carbocycles. The van der Waals surface area contributed by atoms with Gasteiger partial charge in [-0.3, -0.25) is 0 Å². The van der Waals surface area contributed by atoms with Gasteiger partial charge in [0.1, 0.15) is 0 Å². The van der Waals surface area contributed by atoms with E-state index in [1.165, 1.54) is 4.31 Å². The Morgan fingerprint density at radius 3 is 2.19 bits per heavy atom. The Morgan fingerprint density at radius 1 is 1.05 bits per heavy atom. The smallest absolute Gasteiger partial charge is 0.279 e. The zero-order chi connectivity index (χ0) is 16.5. The van der Waals surface area contributed by atoms with Crippen LogP contribution in [0.5, 0.6) is 0 Å². The predicted octanol–water partition coefficient (Wildman–Crippen LogP) is 0.871. The van der Waals surface area contributed by atoms with E-state index >= 15 is 0 Å². The lowest BCUT2D eigenvalue weighted by Crippen LogP contribution is -2.43. The fourth-order valence-corrected chi connectivity index (χ4v) is 2.74. The van der Waals surface area contributed by atoms with Gasteiger partial charge in [0, 0.05) is 38.8 Å². The van der Waals surface area contributed by atoms with E-state index in [0.717, 1.165) is 25.9 Å². The fraction of sp³-hybridized carbons (Fsp3) is 1.00. The summed E-state index contributed by atoms with van der Waals surface area (Å²) >= 11 is 0. The van der Waals surface area contributed by atoms with E-state index in [4.69, 9.17) is 0 Å². The van der Waals surface area contributed by atoms with Gasteiger partial charge in [0.2, 0.25) is 0 Å². The molecule has 0 aliphatic rings. The molecule has 0 aromatic rings. The fourth-order valence-electron chi connectivity index (χ4n) is 1.81. The lowest BCUT2D eigenvalue weighted by molar-refractivity contribution is 0.255. The molecule has 0 heterocycles.